The summed E-state index contributed by atoms with van der Waals surface area (Å²) >= 11 is 5.95. The van der Waals surface area contributed by atoms with Crippen molar-refractivity contribution in [2.45, 2.75) is 31.6 Å². The molecule has 1 aliphatic rings. The first-order chi connectivity index (χ1) is 11.8. The summed E-state index contributed by atoms with van der Waals surface area (Å²) in [5, 5.41) is 0.544. The smallest absolute Gasteiger partial charge is 0.339 e. The van der Waals surface area contributed by atoms with Crippen LogP contribution in [-0.2, 0) is 21.3 Å². The van der Waals surface area contributed by atoms with Gasteiger partial charge in [0.15, 0.2) is 0 Å². The van der Waals surface area contributed by atoms with Gasteiger partial charge in [0.1, 0.15) is 10.6 Å². The number of carbonyl (C=O) groups excluding carboxylic acids is 1. The molecule has 2 aromatic carbocycles. The molecule has 25 heavy (non-hydrogen) atoms. The van der Waals surface area contributed by atoms with Crippen molar-refractivity contribution in [2.75, 3.05) is 11.4 Å². The Morgan fingerprint density at radius 2 is 1.96 bits per heavy atom. The number of nitrogens with zero attached hydrogens (tertiary/aromatic N) is 1. The molecule has 1 amide bonds. The van der Waals surface area contributed by atoms with Crippen molar-refractivity contribution >= 4 is 33.3 Å². The largest absolute Gasteiger partial charge is 0.379 e. The maximum absolute atomic E-state index is 12.6. The topological polar surface area (TPSA) is 63.7 Å². The van der Waals surface area contributed by atoms with E-state index < -0.39 is 10.1 Å². The highest BCUT2D eigenvalue weighted by molar-refractivity contribution is 7.87. The Morgan fingerprint density at radius 1 is 1.20 bits per heavy atom. The van der Waals surface area contributed by atoms with Gasteiger partial charge in [0.2, 0.25) is 5.91 Å². The van der Waals surface area contributed by atoms with Crippen molar-refractivity contribution in [3.05, 3.63) is 52.5 Å². The highest BCUT2D eigenvalue weighted by atomic mass is 35.5. The molecule has 0 fully saturated rings. The molecule has 132 valence electrons. The van der Waals surface area contributed by atoms with E-state index in [0.29, 0.717) is 11.6 Å². The Labute approximate surface area is 152 Å². The summed E-state index contributed by atoms with van der Waals surface area (Å²) in [6, 6.07) is 9.41. The van der Waals surface area contributed by atoms with Crippen molar-refractivity contribution in [3.8, 4) is 5.75 Å². The van der Waals surface area contributed by atoms with Crippen LogP contribution in [0.1, 0.15) is 24.5 Å². The van der Waals surface area contributed by atoms with Crippen LogP contribution in [0.3, 0.4) is 0 Å². The number of rotatable bonds is 3. The summed E-state index contributed by atoms with van der Waals surface area (Å²) in [4.78, 5) is 13.5. The number of aryl methyl sites for hydroxylation is 2. The van der Waals surface area contributed by atoms with Gasteiger partial charge in [-0.2, -0.15) is 8.42 Å². The Morgan fingerprint density at radius 3 is 2.64 bits per heavy atom. The third-order valence-corrected chi connectivity index (χ3v) is 5.84. The first kappa shape index (κ1) is 17.8. The molecule has 0 radical (unpaired) electrons. The number of carbonyl (C=O) groups is 1. The van der Waals surface area contributed by atoms with E-state index >= 15 is 0 Å². The van der Waals surface area contributed by atoms with Gasteiger partial charge in [0, 0.05) is 24.2 Å². The number of hydrogen-bond donors (Lipinski definition) is 0. The zero-order chi connectivity index (χ0) is 18.2. The molecule has 0 atom stereocenters. The second-order valence-corrected chi connectivity index (χ2v) is 7.97. The first-order valence-electron chi connectivity index (χ1n) is 7.89. The van der Waals surface area contributed by atoms with Gasteiger partial charge >= 0.3 is 10.1 Å². The third kappa shape index (κ3) is 3.65. The van der Waals surface area contributed by atoms with E-state index in [-0.39, 0.29) is 16.6 Å². The molecule has 0 N–H and O–H groups in total. The van der Waals surface area contributed by atoms with Gasteiger partial charge in [0.05, 0.1) is 0 Å². The number of fused-ring (bicyclic) bond motifs is 1. The van der Waals surface area contributed by atoms with Crippen LogP contribution in [0.2, 0.25) is 5.02 Å². The van der Waals surface area contributed by atoms with E-state index in [1.54, 1.807) is 36.1 Å². The van der Waals surface area contributed by atoms with Crippen LogP contribution in [0.4, 0.5) is 5.69 Å². The lowest BCUT2D eigenvalue weighted by Crippen LogP contribution is -2.33. The van der Waals surface area contributed by atoms with Gasteiger partial charge < -0.3 is 9.08 Å². The third-order valence-electron chi connectivity index (χ3n) is 4.17. The van der Waals surface area contributed by atoms with Crippen molar-refractivity contribution in [1.82, 2.24) is 0 Å². The summed E-state index contributed by atoms with van der Waals surface area (Å²) in [5.74, 6) is 0.162. The van der Waals surface area contributed by atoms with Crippen LogP contribution in [0, 0.1) is 6.92 Å². The quantitative estimate of drug-likeness (QED) is 0.762. The first-order valence-corrected chi connectivity index (χ1v) is 9.68. The summed E-state index contributed by atoms with van der Waals surface area (Å²) in [7, 11) is -3.96. The molecular formula is C18H18ClNO4S. The molecule has 0 saturated carbocycles. The number of hydrogen-bond acceptors (Lipinski definition) is 4. The van der Waals surface area contributed by atoms with Gasteiger partial charge in [-0.05, 0) is 67.3 Å². The SMILES string of the molecule is CC(=O)N1CCCc2cc(S(=O)(=O)Oc3ccc(Cl)c(C)c3)ccc21. The average molecular weight is 380 g/mol. The molecule has 3 rings (SSSR count). The van der Waals surface area contributed by atoms with E-state index in [2.05, 4.69) is 0 Å². The van der Waals surface area contributed by atoms with Crippen LogP contribution >= 0.6 is 11.6 Å². The average Bonchev–Trinajstić information content (AvgIpc) is 2.56. The van der Waals surface area contributed by atoms with Crippen LogP contribution in [0.15, 0.2) is 41.3 Å². The fourth-order valence-corrected chi connectivity index (χ4v) is 3.99. The molecule has 0 aliphatic carbocycles. The summed E-state index contributed by atoms with van der Waals surface area (Å²) in [6.07, 6.45) is 1.52. The lowest BCUT2D eigenvalue weighted by atomic mass is 10.0. The van der Waals surface area contributed by atoms with E-state index in [9.17, 15) is 13.2 Å². The maximum Gasteiger partial charge on any atom is 0.339 e. The number of halogens is 1. The lowest BCUT2D eigenvalue weighted by Gasteiger charge is -2.28. The van der Waals surface area contributed by atoms with Crippen LogP contribution < -0.4 is 9.08 Å². The van der Waals surface area contributed by atoms with E-state index in [4.69, 9.17) is 15.8 Å². The standard InChI is InChI=1S/C18H18ClNO4S/c1-12-10-15(5-7-17(12)19)24-25(22,23)16-6-8-18-14(11-16)4-3-9-20(18)13(2)21/h5-8,10-11H,3-4,9H2,1-2H3. The minimum Gasteiger partial charge on any atom is -0.379 e. The molecule has 0 aromatic heterocycles. The summed E-state index contributed by atoms with van der Waals surface area (Å²) < 4.78 is 30.3. The zero-order valence-electron chi connectivity index (χ0n) is 14.0. The van der Waals surface area contributed by atoms with E-state index in [1.807, 2.05) is 0 Å². The van der Waals surface area contributed by atoms with E-state index in [1.165, 1.54) is 19.1 Å². The predicted octanol–water partition coefficient (Wildman–Crippen LogP) is 3.72. The monoisotopic (exact) mass is 379 g/mol. The van der Waals surface area contributed by atoms with Gasteiger partial charge in [0.25, 0.3) is 0 Å². The zero-order valence-corrected chi connectivity index (χ0v) is 15.5. The minimum absolute atomic E-state index is 0.0514. The van der Waals surface area contributed by atoms with Crippen LogP contribution in [0.25, 0.3) is 0 Å². The molecule has 5 nitrogen and oxygen atoms in total. The summed E-state index contributed by atoms with van der Waals surface area (Å²) in [5.41, 5.74) is 2.33. The molecule has 7 heteroatoms. The predicted molar refractivity (Wildman–Crippen MR) is 96.8 cm³/mol. The van der Waals surface area contributed by atoms with Crippen molar-refractivity contribution in [1.29, 1.82) is 0 Å². The molecule has 2 aromatic rings. The lowest BCUT2D eigenvalue weighted by molar-refractivity contribution is -0.116. The number of anilines is 1. The van der Waals surface area contributed by atoms with Gasteiger partial charge in [-0.3, -0.25) is 4.79 Å². The van der Waals surface area contributed by atoms with Crippen LogP contribution in [0.5, 0.6) is 5.75 Å². The van der Waals surface area contributed by atoms with Gasteiger partial charge in [-0.15, -0.1) is 0 Å². The Hall–Kier alpha value is -2.05. The maximum atomic E-state index is 12.6. The Bertz CT molecular complexity index is 940. The molecule has 1 aliphatic heterocycles. The molecule has 1 heterocycles. The fraction of sp³-hybridized carbons (Fsp3) is 0.278. The van der Waals surface area contributed by atoms with E-state index in [0.717, 1.165) is 29.7 Å². The Balaban J connectivity index is 1.92. The number of amides is 1. The normalized spacial score (nSPS) is 14.1. The second-order valence-electron chi connectivity index (χ2n) is 6.01. The highest BCUT2D eigenvalue weighted by Gasteiger charge is 2.24. The van der Waals surface area contributed by atoms with Crippen molar-refractivity contribution in [2.24, 2.45) is 0 Å². The summed E-state index contributed by atoms with van der Waals surface area (Å²) in [6.45, 7) is 3.93. The molecule has 0 bridgehead atoms. The van der Waals surface area contributed by atoms with Crippen molar-refractivity contribution in [3.63, 3.8) is 0 Å². The van der Waals surface area contributed by atoms with Crippen LogP contribution in [-0.4, -0.2) is 20.9 Å². The number of benzene rings is 2. The Kier molecular flexibility index (Phi) is 4.75. The molecular weight excluding hydrogens is 362 g/mol. The molecule has 0 unspecified atom stereocenters. The van der Waals surface area contributed by atoms with Gasteiger partial charge in [-0.1, -0.05) is 11.6 Å². The fourth-order valence-electron chi connectivity index (χ4n) is 2.90. The molecule has 0 saturated heterocycles. The van der Waals surface area contributed by atoms with Crippen molar-refractivity contribution < 1.29 is 17.4 Å². The minimum atomic E-state index is -3.96. The van der Waals surface area contributed by atoms with Gasteiger partial charge in [-0.25, -0.2) is 0 Å². The molecule has 0 spiro atoms. The second kappa shape index (κ2) is 6.69. The highest BCUT2D eigenvalue weighted by Crippen LogP contribution is 2.31.